The first-order valence-corrected chi connectivity index (χ1v) is 15.0. The molecule has 4 heteroatoms. The number of hydrogen-bond acceptors (Lipinski definition) is 2. The number of hydrogen-bond donors (Lipinski definition) is 0. The zero-order valence-electron chi connectivity index (χ0n) is 16.2. The minimum Gasteiger partial charge on any atom is -0.279 e. The van der Waals surface area contributed by atoms with Crippen LogP contribution >= 0.6 is 0 Å². The molecule has 0 aliphatic carbocycles. The monoisotopic (exact) mass is 368 g/mol. The maximum atomic E-state index is 12.6. The molecule has 0 aliphatic rings. The lowest BCUT2D eigenvalue weighted by Crippen LogP contribution is -2.29. The van der Waals surface area contributed by atoms with E-state index in [9.17, 15) is 9.59 Å². The van der Waals surface area contributed by atoms with Crippen LogP contribution in [0.4, 0.5) is 0 Å². The Kier molecular flexibility index (Phi) is 7.61. The van der Waals surface area contributed by atoms with Crippen molar-refractivity contribution < 1.29 is 9.59 Å². The molecule has 0 atom stereocenters. The molecule has 0 amide bonds. The van der Waals surface area contributed by atoms with E-state index in [4.69, 9.17) is 0 Å². The average molecular weight is 369 g/mol. The Morgan fingerprint density at radius 2 is 1.20 bits per heavy atom. The van der Waals surface area contributed by atoms with Gasteiger partial charge in [0.15, 0.2) is 0 Å². The minimum absolute atomic E-state index is 0.272. The number of carbonyl (C=O) groups is 2. The third-order valence-electron chi connectivity index (χ3n) is 4.44. The lowest BCUT2D eigenvalue weighted by molar-refractivity contribution is 0.102. The average Bonchev–Trinajstić information content (AvgIpc) is 2.60. The van der Waals surface area contributed by atoms with Gasteiger partial charge in [0.1, 0.15) is 16.1 Å². The van der Waals surface area contributed by atoms with Gasteiger partial charge >= 0.3 is 0 Å². The molecule has 0 aliphatic heterocycles. The third kappa shape index (κ3) is 6.16. The molecule has 0 spiro atoms. The predicted octanol–water partition coefficient (Wildman–Crippen LogP) is 4.98. The highest BCUT2D eigenvalue weighted by Gasteiger charge is 2.25. The van der Waals surface area contributed by atoms with Crippen molar-refractivity contribution in [1.82, 2.24) is 0 Å². The van der Waals surface area contributed by atoms with E-state index < -0.39 is 16.1 Å². The van der Waals surface area contributed by atoms with Gasteiger partial charge < -0.3 is 0 Å². The molecule has 0 fully saturated rings. The number of ketones is 2. The summed E-state index contributed by atoms with van der Waals surface area (Å²) in [4.78, 5) is 25.1. The second-order valence-electron chi connectivity index (χ2n) is 7.29. The molecule has 0 saturated heterocycles. The Morgan fingerprint density at radius 3 is 1.56 bits per heavy atom. The lowest BCUT2D eigenvalue weighted by Gasteiger charge is -2.19. The van der Waals surface area contributed by atoms with E-state index in [-0.39, 0.29) is 11.6 Å². The minimum atomic E-state index is -1.69. The van der Waals surface area contributed by atoms with Crippen molar-refractivity contribution >= 4 is 27.7 Å². The summed E-state index contributed by atoms with van der Waals surface area (Å²) in [6.45, 7) is 12.7. The SMILES string of the molecule is CC[Si](C#CC(=O)c1ccccc1C(=O)C#C[Si](C)(C)C)(CC)CC. The van der Waals surface area contributed by atoms with Gasteiger partial charge in [0.25, 0.3) is 0 Å². The summed E-state index contributed by atoms with van der Waals surface area (Å²) >= 11 is 0. The van der Waals surface area contributed by atoms with E-state index >= 15 is 0 Å². The predicted molar refractivity (Wildman–Crippen MR) is 111 cm³/mol. The normalized spacial score (nSPS) is 11.0. The lowest BCUT2D eigenvalue weighted by atomic mass is 10.0. The van der Waals surface area contributed by atoms with Gasteiger partial charge in [-0.15, -0.1) is 11.1 Å². The zero-order chi connectivity index (χ0) is 19.1. The Morgan fingerprint density at radius 1 is 0.800 bits per heavy atom. The van der Waals surface area contributed by atoms with Crippen LogP contribution in [-0.4, -0.2) is 27.7 Å². The van der Waals surface area contributed by atoms with Gasteiger partial charge in [0.05, 0.1) is 0 Å². The number of benzene rings is 1. The second kappa shape index (κ2) is 8.99. The molecule has 0 unspecified atom stereocenters. The first kappa shape index (κ1) is 21.2. The van der Waals surface area contributed by atoms with E-state index in [2.05, 4.69) is 63.3 Å². The van der Waals surface area contributed by atoms with Crippen LogP contribution < -0.4 is 0 Å². The van der Waals surface area contributed by atoms with E-state index in [1.165, 1.54) is 0 Å². The molecule has 0 bridgehead atoms. The third-order valence-corrected chi connectivity index (χ3v) is 10.0. The summed E-state index contributed by atoms with van der Waals surface area (Å²) in [5.74, 6) is 5.00. The van der Waals surface area contributed by atoms with Crippen LogP contribution in [0.3, 0.4) is 0 Å². The van der Waals surface area contributed by atoms with Crippen molar-refractivity contribution in [2.24, 2.45) is 0 Å². The van der Waals surface area contributed by atoms with Gasteiger partial charge in [-0.25, -0.2) is 0 Å². The molecular formula is C21H28O2Si2. The molecule has 0 saturated carbocycles. The first-order valence-electron chi connectivity index (χ1n) is 8.92. The number of carbonyl (C=O) groups excluding carboxylic acids is 2. The molecule has 2 nitrogen and oxygen atoms in total. The summed E-state index contributed by atoms with van der Waals surface area (Å²) in [6, 6.07) is 10.0. The van der Waals surface area contributed by atoms with Crippen LogP contribution in [-0.2, 0) is 0 Å². The summed E-state index contributed by atoms with van der Waals surface area (Å²) in [5, 5.41) is 0. The smallest absolute Gasteiger partial charge is 0.236 e. The highest BCUT2D eigenvalue weighted by molar-refractivity contribution is 6.87. The van der Waals surface area contributed by atoms with E-state index in [0.29, 0.717) is 11.1 Å². The molecule has 132 valence electrons. The van der Waals surface area contributed by atoms with Gasteiger partial charge in [0.2, 0.25) is 11.6 Å². The quantitative estimate of drug-likeness (QED) is 0.417. The Labute approximate surface area is 154 Å². The standard InChI is InChI=1S/C21H28O2Si2/c1-7-25(8-2,9-3)17-15-21(23)19-13-11-10-12-18(19)20(22)14-16-24(4,5)6/h10-13H,7-9H2,1-6H3. The zero-order valence-corrected chi connectivity index (χ0v) is 18.2. The summed E-state index contributed by atoms with van der Waals surface area (Å²) in [7, 11) is -3.33. The van der Waals surface area contributed by atoms with Crippen LogP contribution in [0.1, 0.15) is 41.5 Å². The molecular weight excluding hydrogens is 340 g/mol. The van der Waals surface area contributed by atoms with Crippen molar-refractivity contribution in [3.05, 3.63) is 35.4 Å². The molecule has 0 N–H and O–H groups in total. The largest absolute Gasteiger partial charge is 0.279 e. The van der Waals surface area contributed by atoms with Crippen LogP contribution in [0.25, 0.3) is 0 Å². The molecule has 1 aromatic carbocycles. The van der Waals surface area contributed by atoms with Crippen molar-refractivity contribution in [2.75, 3.05) is 0 Å². The van der Waals surface area contributed by atoms with Crippen molar-refractivity contribution in [2.45, 2.75) is 58.5 Å². The first-order chi connectivity index (χ1) is 11.7. The molecule has 1 rings (SSSR count). The van der Waals surface area contributed by atoms with Crippen molar-refractivity contribution in [1.29, 1.82) is 0 Å². The van der Waals surface area contributed by atoms with E-state index in [1.807, 2.05) is 0 Å². The molecule has 0 aromatic heterocycles. The van der Waals surface area contributed by atoms with Crippen molar-refractivity contribution in [3.8, 4) is 22.9 Å². The topological polar surface area (TPSA) is 34.1 Å². The summed E-state index contributed by atoms with van der Waals surface area (Å²) in [6.07, 6.45) is 0. The molecule has 0 heterocycles. The van der Waals surface area contributed by atoms with E-state index in [1.54, 1.807) is 24.3 Å². The fourth-order valence-corrected chi connectivity index (χ4v) is 5.36. The highest BCUT2D eigenvalue weighted by atomic mass is 28.3. The van der Waals surface area contributed by atoms with Gasteiger partial charge in [-0.1, -0.05) is 52.5 Å². The molecule has 1 aromatic rings. The Balaban J connectivity index is 3.22. The van der Waals surface area contributed by atoms with Gasteiger partial charge in [-0.05, 0) is 42.1 Å². The maximum absolute atomic E-state index is 12.6. The number of rotatable bonds is 5. The van der Waals surface area contributed by atoms with Crippen LogP contribution in [0.15, 0.2) is 24.3 Å². The molecule has 0 radical (unpaired) electrons. The van der Waals surface area contributed by atoms with Gasteiger partial charge in [0, 0.05) is 11.1 Å². The summed E-state index contributed by atoms with van der Waals surface area (Å²) in [5.41, 5.74) is 7.11. The van der Waals surface area contributed by atoms with Crippen LogP contribution in [0.5, 0.6) is 0 Å². The number of Topliss-reactive ketones (excluding diaryl/α,β-unsaturated/α-hetero) is 2. The van der Waals surface area contributed by atoms with Crippen molar-refractivity contribution in [3.63, 3.8) is 0 Å². The van der Waals surface area contributed by atoms with Gasteiger partial charge in [-0.3, -0.25) is 9.59 Å². The van der Waals surface area contributed by atoms with Gasteiger partial charge in [-0.2, -0.15) is 0 Å². The summed E-state index contributed by atoms with van der Waals surface area (Å²) < 4.78 is 0. The second-order valence-corrected chi connectivity index (χ2v) is 17.0. The Hall–Kier alpha value is -1.89. The van der Waals surface area contributed by atoms with Crippen LogP contribution in [0.2, 0.25) is 37.8 Å². The van der Waals surface area contributed by atoms with Crippen LogP contribution in [0, 0.1) is 22.9 Å². The maximum Gasteiger partial charge on any atom is 0.236 e. The Bertz CT molecular complexity index is 753. The molecule has 25 heavy (non-hydrogen) atoms. The van der Waals surface area contributed by atoms with E-state index in [0.717, 1.165) is 18.1 Å². The fraction of sp³-hybridized carbons (Fsp3) is 0.429. The fourth-order valence-electron chi connectivity index (χ4n) is 2.46. The highest BCUT2D eigenvalue weighted by Crippen LogP contribution is 2.19.